The second-order valence-corrected chi connectivity index (χ2v) is 17.0. The number of nitrogens with two attached hydrogens (primary N) is 1. The number of hydrogen-bond donors (Lipinski definition) is 5. The molecule has 4 aromatic rings. The van der Waals surface area contributed by atoms with Crippen LogP contribution in [0.15, 0.2) is 54.9 Å². The Balaban J connectivity index is 0.000000156. The number of carboxylic acids is 1. The van der Waals surface area contributed by atoms with E-state index in [0.717, 1.165) is 92.6 Å². The molecule has 2 aromatic heterocycles. The number of aromatic nitrogens is 2. The number of rotatable bonds is 5. The van der Waals surface area contributed by atoms with Crippen LogP contribution in [-0.2, 0) is 25.9 Å². The summed E-state index contributed by atoms with van der Waals surface area (Å²) in [7, 11) is 0. The highest BCUT2D eigenvalue weighted by molar-refractivity contribution is 9.11. The number of benzene rings is 2. The van der Waals surface area contributed by atoms with Crippen molar-refractivity contribution in [2.45, 2.75) is 116 Å². The standard InChI is InChI=1S/C21H23BrN2O3.C13H13BrO3.C8H12N2O/c1-12-7-13(2)24-20(26)16(12)11-23-19(25)14-8-15-10-21(5-3-4-6-21)27-18(15)17(22)9-14;14-10-6-8(12(15)16)5-9-7-13(17-11(9)10)3-1-2-4-13;1-5-3-6(2)10-8(11)7(5)4-9/h7-9H,3-6,10-11H2,1-2H3,(H,23,25)(H,24,26);5-6H,1-4,7H2,(H,15,16);3H,4,9H2,1-2H3,(H,10,11). The summed E-state index contributed by atoms with van der Waals surface area (Å²) < 4.78 is 13.9. The molecule has 55 heavy (non-hydrogen) atoms. The molecule has 0 atom stereocenters. The van der Waals surface area contributed by atoms with Crippen molar-refractivity contribution in [1.29, 1.82) is 0 Å². The first-order valence-electron chi connectivity index (χ1n) is 18.7. The van der Waals surface area contributed by atoms with Crippen LogP contribution in [0.1, 0.15) is 117 Å². The zero-order valence-corrected chi connectivity index (χ0v) is 34.9. The Labute approximate surface area is 337 Å². The Bertz CT molecular complexity index is 2250. The molecule has 4 heterocycles. The van der Waals surface area contributed by atoms with E-state index in [1.807, 2.05) is 45.9 Å². The lowest BCUT2D eigenvalue weighted by Crippen LogP contribution is -2.30. The summed E-state index contributed by atoms with van der Waals surface area (Å²) in [6.45, 7) is 7.99. The number of halogens is 2. The van der Waals surface area contributed by atoms with Crippen LogP contribution >= 0.6 is 31.9 Å². The van der Waals surface area contributed by atoms with Crippen LogP contribution in [0.25, 0.3) is 0 Å². The number of hydrogen-bond acceptors (Lipinski definition) is 7. The molecule has 2 saturated carbocycles. The molecular formula is C42H48Br2N4O7. The van der Waals surface area contributed by atoms with Gasteiger partial charge in [-0.2, -0.15) is 0 Å². The molecule has 1 amide bonds. The predicted octanol–water partition coefficient (Wildman–Crippen LogP) is 7.78. The van der Waals surface area contributed by atoms with Gasteiger partial charge in [0.2, 0.25) is 0 Å². The molecule has 2 aliphatic heterocycles. The van der Waals surface area contributed by atoms with Crippen molar-refractivity contribution < 1.29 is 24.2 Å². The lowest BCUT2D eigenvalue weighted by molar-refractivity contribution is 0.0696. The van der Waals surface area contributed by atoms with Crippen LogP contribution in [0.2, 0.25) is 0 Å². The van der Waals surface area contributed by atoms with Gasteiger partial charge in [0.1, 0.15) is 22.7 Å². The average Bonchev–Trinajstić information content (AvgIpc) is 3.92. The Morgan fingerprint density at radius 2 is 1.16 bits per heavy atom. The van der Waals surface area contributed by atoms with Crippen LogP contribution in [0.5, 0.6) is 11.5 Å². The molecular weight excluding hydrogens is 832 g/mol. The molecule has 4 aliphatic rings. The Kier molecular flexibility index (Phi) is 12.1. The second-order valence-electron chi connectivity index (χ2n) is 15.3. The maximum absolute atomic E-state index is 12.7. The van der Waals surface area contributed by atoms with Crippen LogP contribution < -0.4 is 31.6 Å². The molecule has 11 nitrogen and oxygen atoms in total. The molecule has 2 aliphatic carbocycles. The SMILES string of the molecule is Cc1cc(C)c(CN)c(=O)[nH]1.Cc1cc(C)c(CNC(=O)c2cc(Br)c3c(c2)CC2(CCCC2)O3)c(=O)[nH]1.O=C(O)c1cc(Br)c2c(c1)CC1(CCCC1)O2. The molecule has 0 bridgehead atoms. The van der Waals surface area contributed by atoms with Crippen LogP contribution in [0.3, 0.4) is 0 Å². The first kappa shape index (κ1) is 40.5. The fraction of sp³-hybridized carbons (Fsp3) is 0.429. The van der Waals surface area contributed by atoms with E-state index in [9.17, 15) is 19.2 Å². The number of aryl methyl sites for hydroxylation is 4. The maximum atomic E-state index is 12.7. The minimum atomic E-state index is -0.888. The number of nitrogens with one attached hydrogen (secondary N) is 3. The van der Waals surface area contributed by atoms with Crippen molar-refractivity contribution in [3.63, 3.8) is 0 Å². The Hall–Kier alpha value is -4.20. The maximum Gasteiger partial charge on any atom is 0.335 e. The molecule has 0 saturated heterocycles. The highest BCUT2D eigenvalue weighted by Crippen LogP contribution is 2.49. The minimum absolute atomic E-state index is 0.0536. The lowest BCUT2D eigenvalue weighted by atomic mass is 9.95. The molecule has 2 aromatic carbocycles. The van der Waals surface area contributed by atoms with Gasteiger partial charge in [0.25, 0.3) is 17.0 Å². The molecule has 6 N–H and O–H groups in total. The number of carbonyl (C=O) groups excluding carboxylic acids is 1. The second kappa shape index (κ2) is 16.5. The normalized spacial score (nSPS) is 16.6. The number of carboxylic acid groups (broad SMARTS) is 1. The largest absolute Gasteiger partial charge is 0.485 e. The van der Waals surface area contributed by atoms with E-state index < -0.39 is 5.97 Å². The molecule has 8 rings (SSSR count). The fourth-order valence-electron chi connectivity index (χ4n) is 8.35. The number of H-pyrrole nitrogens is 2. The van der Waals surface area contributed by atoms with Gasteiger partial charge in [-0.1, -0.05) is 0 Å². The van der Waals surface area contributed by atoms with Gasteiger partial charge in [0.15, 0.2) is 0 Å². The summed E-state index contributed by atoms with van der Waals surface area (Å²) in [5.41, 5.74) is 12.9. The van der Waals surface area contributed by atoms with Crippen molar-refractivity contribution in [3.8, 4) is 11.5 Å². The molecule has 2 spiro atoms. The zero-order chi connectivity index (χ0) is 39.7. The first-order chi connectivity index (χ1) is 26.1. The van der Waals surface area contributed by atoms with Gasteiger partial charge in [0.05, 0.1) is 14.5 Å². The third-order valence-electron chi connectivity index (χ3n) is 11.1. The minimum Gasteiger partial charge on any atom is -0.485 e. The number of amides is 1. The van der Waals surface area contributed by atoms with E-state index in [1.54, 1.807) is 18.2 Å². The number of aromatic carboxylic acids is 1. The summed E-state index contributed by atoms with van der Waals surface area (Å²) >= 11 is 6.97. The van der Waals surface area contributed by atoms with Crippen molar-refractivity contribution in [1.82, 2.24) is 15.3 Å². The number of aromatic amines is 2. The van der Waals surface area contributed by atoms with E-state index in [1.165, 1.54) is 25.7 Å². The number of carbonyl (C=O) groups is 2. The summed E-state index contributed by atoms with van der Waals surface area (Å²) in [4.78, 5) is 52.5. The van der Waals surface area contributed by atoms with Gasteiger partial charge in [-0.15, -0.1) is 0 Å². The van der Waals surface area contributed by atoms with Gasteiger partial charge in [0, 0.05) is 65.1 Å². The molecule has 0 unspecified atom stereocenters. The van der Waals surface area contributed by atoms with Crippen molar-refractivity contribution in [2.24, 2.45) is 5.73 Å². The number of pyridine rings is 2. The van der Waals surface area contributed by atoms with Crippen molar-refractivity contribution >= 4 is 43.7 Å². The summed E-state index contributed by atoms with van der Waals surface area (Å²) in [5, 5.41) is 11.9. The predicted molar refractivity (Wildman–Crippen MR) is 218 cm³/mol. The smallest absolute Gasteiger partial charge is 0.335 e. The van der Waals surface area contributed by atoms with Gasteiger partial charge in [-0.3, -0.25) is 14.4 Å². The first-order valence-corrected chi connectivity index (χ1v) is 20.3. The van der Waals surface area contributed by atoms with E-state index in [4.69, 9.17) is 20.3 Å². The monoisotopic (exact) mass is 878 g/mol. The van der Waals surface area contributed by atoms with E-state index in [0.29, 0.717) is 28.8 Å². The number of fused-ring (bicyclic) bond motifs is 2. The highest BCUT2D eigenvalue weighted by atomic mass is 79.9. The van der Waals surface area contributed by atoms with Crippen molar-refractivity contribution in [3.05, 3.63) is 122 Å². The van der Waals surface area contributed by atoms with Crippen LogP contribution in [0.4, 0.5) is 0 Å². The molecule has 2 fully saturated rings. The average molecular weight is 881 g/mol. The summed E-state index contributed by atoms with van der Waals surface area (Å²) in [6.07, 6.45) is 10.8. The zero-order valence-electron chi connectivity index (χ0n) is 31.7. The highest BCUT2D eigenvalue weighted by Gasteiger charge is 2.44. The fourth-order valence-corrected chi connectivity index (χ4v) is 9.51. The molecule has 0 radical (unpaired) electrons. The summed E-state index contributed by atoms with van der Waals surface area (Å²) in [6, 6.07) is 10.9. The van der Waals surface area contributed by atoms with E-state index in [2.05, 4.69) is 47.1 Å². The third-order valence-corrected chi connectivity index (χ3v) is 12.2. The van der Waals surface area contributed by atoms with Gasteiger partial charge >= 0.3 is 5.97 Å². The Morgan fingerprint density at radius 3 is 1.60 bits per heavy atom. The van der Waals surface area contributed by atoms with E-state index in [-0.39, 0.29) is 34.8 Å². The van der Waals surface area contributed by atoms with Crippen LogP contribution in [0, 0.1) is 27.7 Å². The quantitative estimate of drug-likeness (QED) is 0.135. The number of ether oxygens (including phenoxy) is 2. The van der Waals surface area contributed by atoms with Crippen molar-refractivity contribution in [2.75, 3.05) is 0 Å². The molecule has 292 valence electrons. The summed E-state index contributed by atoms with van der Waals surface area (Å²) in [5.74, 6) is 0.641. The topological polar surface area (TPSA) is 177 Å². The van der Waals surface area contributed by atoms with E-state index >= 15 is 0 Å². The van der Waals surface area contributed by atoms with Gasteiger partial charge < -0.3 is 35.6 Å². The Morgan fingerprint density at radius 1 is 0.727 bits per heavy atom. The van der Waals surface area contributed by atoms with Gasteiger partial charge in [-0.05, 0) is 158 Å². The third kappa shape index (κ3) is 8.94. The van der Waals surface area contributed by atoms with Crippen LogP contribution in [-0.4, -0.2) is 38.2 Å². The lowest BCUT2D eigenvalue weighted by Gasteiger charge is -2.22. The molecule has 13 heteroatoms. The van der Waals surface area contributed by atoms with Gasteiger partial charge in [-0.25, -0.2) is 4.79 Å².